The second-order valence-electron chi connectivity index (χ2n) is 6.59. The third kappa shape index (κ3) is 5.81. The summed E-state index contributed by atoms with van der Waals surface area (Å²) in [7, 11) is 0. The first-order valence-corrected chi connectivity index (χ1v) is 9.43. The Hall–Kier alpha value is -1.95. The first-order valence-electron chi connectivity index (χ1n) is 9.03. The van der Waals surface area contributed by atoms with Crippen molar-refractivity contribution in [2.24, 2.45) is 0 Å². The molecule has 1 aromatic heterocycles. The maximum absolute atomic E-state index is 12.2. The molecule has 0 saturated carbocycles. The number of benzene rings is 1. The molecule has 0 aliphatic carbocycles. The molecule has 0 fully saturated rings. The normalized spacial score (nSPS) is 12.1. The van der Waals surface area contributed by atoms with Gasteiger partial charge in [0.1, 0.15) is 0 Å². The van der Waals surface area contributed by atoms with E-state index in [1.165, 1.54) is 12.8 Å². The lowest BCUT2D eigenvalue weighted by molar-refractivity contribution is -0.121. The lowest BCUT2D eigenvalue weighted by Gasteiger charge is -2.14. The third-order valence-electron chi connectivity index (χ3n) is 4.25. The number of amides is 1. The van der Waals surface area contributed by atoms with Crippen LogP contribution in [0.15, 0.2) is 24.3 Å². The van der Waals surface area contributed by atoms with Crippen LogP contribution in [0.3, 0.4) is 0 Å². The number of aromatic nitrogens is 3. The van der Waals surface area contributed by atoms with Gasteiger partial charge in [-0.1, -0.05) is 49.9 Å². The van der Waals surface area contributed by atoms with Gasteiger partial charge in [0.15, 0.2) is 10.6 Å². The Morgan fingerprint density at radius 1 is 1.40 bits per heavy atom. The van der Waals surface area contributed by atoms with E-state index in [4.69, 9.17) is 12.2 Å². The number of carbonyl (C=O) groups excluding carboxylic acids is 1. The zero-order valence-corrected chi connectivity index (χ0v) is 16.2. The largest absolute Gasteiger partial charge is 0.354 e. The van der Waals surface area contributed by atoms with Crippen LogP contribution in [0.25, 0.3) is 11.4 Å². The SMILES string of the molecule is CCCCCC(C)NC(=O)CCn1c(-c2cccc(C)c2)n[nH]c1=S. The lowest BCUT2D eigenvalue weighted by Crippen LogP contribution is -2.33. The fourth-order valence-corrected chi connectivity index (χ4v) is 3.09. The summed E-state index contributed by atoms with van der Waals surface area (Å²) in [4.78, 5) is 12.2. The molecule has 6 heteroatoms. The van der Waals surface area contributed by atoms with Crippen LogP contribution < -0.4 is 5.32 Å². The highest BCUT2D eigenvalue weighted by Gasteiger charge is 2.12. The van der Waals surface area contributed by atoms with Crippen molar-refractivity contribution in [2.75, 3.05) is 0 Å². The molecule has 136 valence electrons. The molecule has 1 aromatic carbocycles. The van der Waals surface area contributed by atoms with Crippen LogP contribution in [-0.4, -0.2) is 26.7 Å². The molecule has 0 radical (unpaired) electrons. The van der Waals surface area contributed by atoms with E-state index in [2.05, 4.69) is 35.4 Å². The first-order chi connectivity index (χ1) is 12.0. The van der Waals surface area contributed by atoms with Crippen molar-refractivity contribution in [1.82, 2.24) is 20.1 Å². The number of nitrogens with zero attached hydrogens (tertiary/aromatic N) is 2. The van der Waals surface area contributed by atoms with E-state index in [1.807, 2.05) is 29.7 Å². The van der Waals surface area contributed by atoms with Crippen LogP contribution in [0, 0.1) is 11.7 Å². The fraction of sp³-hybridized carbons (Fsp3) is 0.526. The van der Waals surface area contributed by atoms with Crippen molar-refractivity contribution in [3.05, 3.63) is 34.6 Å². The van der Waals surface area contributed by atoms with Gasteiger partial charge in [-0.2, -0.15) is 5.10 Å². The van der Waals surface area contributed by atoms with Gasteiger partial charge in [0.05, 0.1) is 0 Å². The monoisotopic (exact) mass is 360 g/mol. The average Bonchev–Trinajstić information content (AvgIpc) is 2.94. The maximum Gasteiger partial charge on any atom is 0.222 e. The summed E-state index contributed by atoms with van der Waals surface area (Å²) in [5.74, 6) is 0.833. The van der Waals surface area contributed by atoms with E-state index in [0.717, 1.165) is 29.8 Å². The number of unbranched alkanes of at least 4 members (excludes halogenated alkanes) is 2. The molecular formula is C19H28N4OS. The van der Waals surface area contributed by atoms with E-state index in [9.17, 15) is 4.79 Å². The van der Waals surface area contributed by atoms with Crippen molar-refractivity contribution in [1.29, 1.82) is 0 Å². The standard InChI is InChI=1S/C19H28N4OS/c1-4-5-6-9-15(3)20-17(24)11-12-23-18(21-22-19(23)25)16-10-7-8-14(2)13-16/h7-8,10,13,15H,4-6,9,11-12H2,1-3H3,(H,20,24)(H,22,25). The molecule has 0 spiro atoms. The van der Waals surface area contributed by atoms with Gasteiger partial charge >= 0.3 is 0 Å². The van der Waals surface area contributed by atoms with E-state index >= 15 is 0 Å². The van der Waals surface area contributed by atoms with Gasteiger partial charge in [0.25, 0.3) is 0 Å². The molecule has 1 unspecified atom stereocenters. The molecule has 0 saturated heterocycles. The van der Waals surface area contributed by atoms with Crippen LogP contribution in [0.4, 0.5) is 0 Å². The van der Waals surface area contributed by atoms with Gasteiger partial charge in [0.2, 0.25) is 5.91 Å². The van der Waals surface area contributed by atoms with Crippen molar-refractivity contribution < 1.29 is 4.79 Å². The Morgan fingerprint density at radius 2 is 2.20 bits per heavy atom. The summed E-state index contributed by atoms with van der Waals surface area (Å²) < 4.78 is 2.44. The lowest BCUT2D eigenvalue weighted by atomic mass is 10.1. The van der Waals surface area contributed by atoms with E-state index in [1.54, 1.807) is 0 Å². The van der Waals surface area contributed by atoms with Crippen molar-refractivity contribution in [2.45, 2.75) is 65.5 Å². The average molecular weight is 361 g/mol. The molecule has 0 aliphatic heterocycles. The summed E-state index contributed by atoms with van der Waals surface area (Å²) in [5, 5.41) is 10.2. The number of hydrogen-bond donors (Lipinski definition) is 2. The number of carbonyl (C=O) groups is 1. The molecule has 1 heterocycles. The van der Waals surface area contributed by atoms with Crippen LogP contribution in [-0.2, 0) is 11.3 Å². The predicted octanol–water partition coefficient (Wildman–Crippen LogP) is 4.39. The van der Waals surface area contributed by atoms with Crippen LogP contribution in [0.2, 0.25) is 0 Å². The molecule has 2 rings (SSSR count). The molecule has 5 nitrogen and oxygen atoms in total. The van der Waals surface area contributed by atoms with Gasteiger partial charge in [-0.05, 0) is 38.6 Å². The van der Waals surface area contributed by atoms with E-state index in [-0.39, 0.29) is 11.9 Å². The third-order valence-corrected chi connectivity index (χ3v) is 4.56. The quantitative estimate of drug-likeness (QED) is 0.515. The van der Waals surface area contributed by atoms with Crippen molar-refractivity contribution >= 4 is 18.1 Å². The van der Waals surface area contributed by atoms with Gasteiger partial charge in [-0.3, -0.25) is 14.5 Å². The Balaban J connectivity index is 1.96. The van der Waals surface area contributed by atoms with Gasteiger partial charge in [0, 0.05) is 24.6 Å². The number of rotatable bonds is 9. The van der Waals surface area contributed by atoms with Gasteiger partial charge in [-0.15, -0.1) is 0 Å². The van der Waals surface area contributed by atoms with Crippen molar-refractivity contribution in [3.63, 3.8) is 0 Å². The fourth-order valence-electron chi connectivity index (χ4n) is 2.86. The molecule has 0 bridgehead atoms. The summed E-state index contributed by atoms with van der Waals surface area (Å²) in [5.41, 5.74) is 2.16. The van der Waals surface area contributed by atoms with Crippen LogP contribution in [0.1, 0.15) is 51.5 Å². The highest BCUT2D eigenvalue weighted by molar-refractivity contribution is 7.71. The zero-order chi connectivity index (χ0) is 18.2. The minimum atomic E-state index is 0.0577. The minimum absolute atomic E-state index is 0.0577. The van der Waals surface area contributed by atoms with E-state index < -0.39 is 0 Å². The molecular weight excluding hydrogens is 332 g/mol. The summed E-state index contributed by atoms with van der Waals surface area (Å²) >= 11 is 5.33. The molecule has 1 amide bonds. The smallest absolute Gasteiger partial charge is 0.222 e. The Bertz CT molecular complexity index is 750. The predicted molar refractivity (Wildman–Crippen MR) is 104 cm³/mol. The second-order valence-corrected chi connectivity index (χ2v) is 6.97. The highest BCUT2D eigenvalue weighted by Crippen LogP contribution is 2.18. The van der Waals surface area contributed by atoms with Crippen molar-refractivity contribution in [3.8, 4) is 11.4 Å². The number of nitrogens with one attached hydrogen (secondary N) is 2. The number of hydrogen-bond acceptors (Lipinski definition) is 3. The van der Waals surface area contributed by atoms with Crippen LogP contribution in [0.5, 0.6) is 0 Å². The van der Waals surface area contributed by atoms with Gasteiger partial charge < -0.3 is 5.32 Å². The Kier molecular flexibility index (Phi) is 7.37. The van der Waals surface area contributed by atoms with Gasteiger partial charge in [-0.25, -0.2) is 0 Å². The van der Waals surface area contributed by atoms with Crippen LogP contribution >= 0.6 is 12.2 Å². The summed E-state index contributed by atoms with van der Waals surface area (Å²) in [6, 6.07) is 8.33. The highest BCUT2D eigenvalue weighted by atomic mass is 32.1. The summed E-state index contributed by atoms with van der Waals surface area (Å²) in [6.07, 6.45) is 4.98. The van der Waals surface area contributed by atoms with E-state index in [0.29, 0.717) is 17.7 Å². The molecule has 2 aromatic rings. The maximum atomic E-state index is 12.2. The molecule has 2 N–H and O–H groups in total. The molecule has 0 aliphatic rings. The second kappa shape index (κ2) is 9.51. The molecule has 25 heavy (non-hydrogen) atoms. The number of H-pyrrole nitrogens is 1. The first kappa shape index (κ1) is 19.4. The Morgan fingerprint density at radius 3 is 2.92 bits per heavy atom. The minimum Gasteiger partial charge on any atom is -0.354 e. The number of aromatic amines is 1. The topological polar surface area (TPSA) is 62.7 Å². The zero-order valence-electron chi connectivity index (χ0n) is 15.3. The Labute approximate surface area is 154 Å². The molecule has 1 atom stereocenters. The summed E-state index contributed by atoms with van der Waals surface area (Å²) in [6.45, 7) is 6.81. The number of aryl methyl sites for hydroxylation is 1.